The monoisotopic (exact) mass is 327 g/mol. The molecule has 2 aromatic rings. The van der Waals surface area contributed by atoms with Gasteiger partial charge >= 0.3 is 0 Å². The number of aromatic nitrogens is 1. The predicted molar refractivity (Wildman–Crippen MR) is 84.4 cm³/mol. The van der Waals surface area contributed by atoms with Crippen molar-refractivity contribution in [1.82, 2.24) is 4.98 Å². The summed E-state index contributed by atoms with van der Waals surface area (Å²) in [4.78, 5) is 4.25. The second-order valence-corrected chi connectivity index (χ2v) is 7.25. The van der Waals surface area contributed by atoms with E-state index in [1.807, 2.05) is 19.2 Å². The molecule has 0 aliphatic rings. The maximum absolute atomic E-state index is 12.3. The van der Waals surface area contributed by atoms with E-state index in [9.17, 15) is 8.42 Å². The summed E-state index contributed by atoms with van der Waals surface area (Å²) < 4.78 is 32.1. The number of sulfonamides is 1. The molecule has 0 amide bonds. The molecule has 8 heteroatoms. The van der Waals surface area contributed by atoms with Gasteiger partial charge in [-0.3, -0.25) is 4.72 Å². The van der Waals surface area contributed by atoms with Gasteiger partial charge in [0, 0.05) is 11.4 Å². The SMILES string of the molecule is COc1ccc(S(=O)(=O)Nc2nc(C(C)C)cs2)c(N)c1. The van der Waals surface area contributed by atoms with Crippen molar-refractivity contribution in [3.8, 4) is 5.75 Å². The average molecular weight is 327 g/mol. The molecule has 1 aromatic heterocycles. The second kappa shape index (κ2) is 5.90. The molecule has 0 fully saturated rings. The highest BCUT2D eigenvalue weighted by molar-refractivity contribution is 7.93. The van der Waals surface area contributed by atoms with Crippen molar-refractivity contribution >= 4 is 32.2 Å². The summed E-state index contributed by atoms with van der Waals surface area (Å²) in [6.45, 7) is 3.99. The van der Waals surface area contributed by atoms with E-state index in [0.717, 1.165) is 5.69 Å². The van der Waals surface area contributed by atoms with E-state index in [2.05, 4.69) is 9.71 Å². The van der Waals surface area contributed by atoms with Crippen LogP contribution in [-0.2, 0) is 10.0 Å². The van der Waals surface area contributed by atoms with Crippen molar-refractivity contribution in [3.63, 3.8) is 0 Å². The number of anilines is 2. The molecule has 3 N–H and O–H groups in total. The number of methoxy groups -OCH3 is 1. The van der Waals surface area contributed by atoms with Crippen molar-refractivity contribution in [2.45, 2.75) is 24.7 Å². The van der Waals surface area contributed by atoms with Gasteiger partial charge in [-0.1, -0.05) is 13.8 Å². The zero-order valence-electron chi connectivity index (χ0n) is 12.0. The molecule has 0 bridgehead atoms. The first-order valence-corrected chi connectivity index (χ1v) is 8.61. The predicted octanol–water partition coefficient (Wildman–Crippen LogP) is 2.66. The van der Waals surface area contributed by atoms with Crippen LogP contribution in [0.15, 0.2) is 28.5 Å². The maximum atomic E-state index is 12.3. The fourth-order valence-corrected chi connectivity index (χ4v) is 3.91. The Labute approximate surface area is 128 Å². The molecular formula is C13H17N3O3S2. The van der Waals surface area contributed by atoms with Crippen LogP contribution in [0.4, 0.5) is 10.8 Å². The van der Waals surface area contributed by atoms with Gasteiger partial charge in [-0.05, 0) is 18.1 Å². The van der Waals surface area contributed by atoms with Crippen LogP contribution in [0.25, 0.3) is 0 Å². The summed E-state index contributed by atoms with van der Waals surface area (Å²) in [5.74, 6) is 0.744. The third-order valence-corrected chi connectivity index (χ3v) is 5.16. The Morgan fingerprint density at radius 3 is 2.62 bits per heavy atom. The van der Waals surface area contributed by atoms with Crippen molar-refractivity contribution in [3.05, 3.63) is 29.3 Å². The van der Waals surface area contributed by atoms with E-state index in [1.165, 1.54) is 30.6 Å². The quantitative estimate of drug-likeness (QED) is 0.823. The van der Waals surface area contributed by atoms with Crippen LogP contribution in [0.5, 0.6) is 5.75 Å². The molecular weight excluding hydrogens is 310 g/mol. The molecule has 21 heavy (non-hydrogen) atoms. The number of nitrogens with zero attached hydrogens (tertiary/aromatic N) is 1. The van der Waals surface area contributed by atoms with Crippen molar-refractivity contribution < 1.29 is 13.2 Å². The molecule has 0 spiro atoms. The number of rotatable bonds is 5. The molecule has 6 nitrogen and oxygen atoms in total. The van der Waals surface area contributed by atoms with Crippen LogP contribution in [0.2, 0.25) is 0 Å². The fourth-order valence-electron chi connectivity index (χ4n) is 1.67. The van der Waals surface area contributed by atoms with Crippen LogP contribution in [0, 0.1) is 0 Å². The molecule has 114 valence electrons. The number of thiazole rings is 1. The van der Waals surface area contributed by atoms with E-state index in [1.54, 1.807) is 6.07 Å². The Morgan fingerprint density at radius 2 is 2.10 bits per heavy atom. The number of hydrogen-bond donors (Lipinski definition) is 2. The number of benzene rings is 1. The highest BCUT2D eigenvalue weighted by Crippen LogP contribution is 2.28. The Hall–Kier alpha value is -1.80. The minimum atomic E-state index is -3.76. The van der Waals surface area contributed by atoms with Gasteiger partial charge in [-0.2, -0.15) is 0 Å². The molecule has 0 radical (unpaired) electrons. The highest BCUT2D eigenvalue weighted by Gasteiger charge is 2.20. The van der Waals surface area contributed by atoms with Crippen LogP contribution in [-0.4, -0.2) is 20.5 Å². The maximum Gasteiger partial charge on any atom is 0.265 e. The number of ether oxygens (including phenoxy) is 1. The van der Waals surface area contributed by atoms with Gasteiger partial charge in [0.15, 0.2) is 5.13 Å². The molecule has 1 heterocycles. The zero-order chi connectivity index (χ0) is 15.6. The third-order valence-electron chi connectivity index (χ3n) is 2.84. The van der Waals surface area contributed by atoms with Gasteiger partial charge in [0.2, 0.25) is 0 Å². The zero-order valence-corrected chi connectivity index (χ0v) is 13.6. The van der Waals surface area contributed by atoms with Crippen LogP contribution < -0.4 is 15.2 Å². The largest absolute Gasteiger partial charge is 0.497 e. The summed E-state index contributed by atoms with van der Waals surface area (Å²) in [6, 6.07) is 4.43. The number of nitrogens with two attached hydrogens (primary N) is 1. The van der Waals surface area contributed by atoms with E-state index < -0.39 is 10.0 Å². The molecule has 0 aliphatic carbocycles. The van der Waals surface area contributed by atoms with E-state index in [-0.39, 0.29) is 16.5 Å². The Balaban J connectivity index is 2.29. The standard InChI is InChI=1S/C13H17N3O3S2/c1-8(2)11-7-20-13(15-11)16-21(17,18)12-5-4-9(19-3)6-10(12)14/h4-8H,14H2,1-3H3,(H,15,16). The molecule has 0 saturated heterocycles. The van der Waals surface area contributed by atoms with Crippen LogP contribution in [0.3, 0.4) is 0 Å². The summed E-state index contributed by atoms with van der Waals surface area (Å²) >= 11 is 1.25. The van der Waals surface area contributed by atoms with Crippen molar-refractivity contribution in [2.75, 3.05) is 17.6 Å². The van der Waals surface area contributed by atoms with Crippen molar-refractivity contribution in [2.24, 2.45) is 0 Å². The van der Waals surface area contributed by atoms with Crippen LogP contribution in [0.1, 0.15) is 25.5 Å². The average Bonchev–Trinajstić information content (AvgIpc) is 2.86. The molecule has 0 saturated carbocycles. The second-order valence-electron chi connectivity index (χ2n) is 4.74. The molecule has 0 aliphatic heterocycles. The van der Waals surface area contributed by atoms with E-state index in [4.69, 9.17) is 10.5 Å². The lowest BCUT2D eigenvalue weighted by molar-refractivity contribution is 0.414. The first-order valence-electron chi connectivity index (χ1n) is 6.25. The van der Waals surface area contributed by atoms with Gasteiger partial charge in [0.05, 0.1) is 18.5 Å². The van der Waals surface area contributed by atoms with Gasteiger partial charge in [0.1, 0.15) is 10.6 Å². The highest BCUT2D eigenvalue weighted by atomic mass is 32.2. The minimum Gasteiger partial charge on any atom is -0.497 e. The summed E-state index contributed by atoms with van der Waals surface area (Å²) in [5, 5.41) is 2.16. The van der Waals surface area contributed by atoms with Crippen molar-refractivity contribution in [1.29, 1.82) is 0 Å². The van der Waals surface area contributed by atoms with E-state index in [0.29, 0.717) is 10.9 Å². The van der Waals surface area contributed by atoms with E-state index >= 15 is 0 Å². The van der Waals surface area contributed by atoms with Gasteiger partial charge in [-0.15, -0.1) is 11.3 Å². The summed E-state index contributed by atoms with van der Waals surface area (Å²) in [6.07, 6.45) is 0. The lowest BCUT2D eigenvalue weighted by Crippen LogP contribution is -2.14. The minimum absolute atomic E-state index is 0.00426. The lowest BCUT2D eigenvalue weighted by Gasteiger charge is -2.09. The summed E-state index contributed by atoms with van der Waals surface area (Å²) in [7, 11) is -2.27. The smallest absolute Gasteiger partial charge is 0.265 e. The van der Waals surface area contributed by atoms with Gasteiger partial charge < -0.3 is 10.5 Å². The summed E-state index contributed by atoms with van der Waals surface area (Å²) in [5.41, 5.74) is 6.75. The molecule has 2 rings (SSSR count). The Morgan fingerprint density at radius 1 is 1.38 bits per heavy atom. The first kappa shape index (κ1) is 15.6. The van der Waals surface area contributed by atoms with Gasteiger partial charge in [0.25, 0.3) is 10.0 Å². The Bertz CT molecular complexity index is 739. The number of hydrogen-bond acceptors (Lipinski definition) is 6. The van der Waals surface area contributed by atoms with Crippen LogP contribution >= 0.6 is 11.3 Å². The molecule has 0 unspecified atom stereocenters. The fraction of sp³-hybridized carbons (Fsp3) is 0.308. The van der Waals surface area contributed by atoms with Gasteiger partial charge in [-0.25, -0.2) is 13.4 Å². The number of nitrogens with one attached hydrogen (secondary N) is 1. The number of nitrogen functional groups attached to an aromatic ring is 1. The third kappa shape index (κ3) is 3.45. The topological polar surface area (TPSA) is 94.3 Å². The normalized spacial score (nSPS) is 11.6. The lowest BCUT2D eigenvalue weighted by atomic mass is 10.2. The molecule has 0 atom stereocenters. The first-order chi connectivity index (χ1) is 9.83. The Kier molecular flexibility index (Phi) is 4.38. The molecule has 1 aromatic carbocycles.